The van der Waals surface area contributed by atoms with E-state index in [1.807, 2.05) is 13.8 Å². The highest BCUT2D eigenvalue weighted by Gasteiger charge is 2.09. The van der Waals surface area contributed by atoms with Gasteiger partial charge in [-0.05, 0) is 12.3 Å². The zero-order valence-corrected chi connectivity index (χ0v) is 10.3. The highest BCUT2D eigenvalue weighted by molar-refractivity contribution is 5.66. The third-order valence-corrected chi connectivity index (χ3v) is 2.22. The summed E-state index contributed by atoms with van der Waals surface area (Å²) >= 11 is 0. The van der Waals surface area contributed by atoms with Gasteiger partial charge in [0.25, 0.3) is 0 Å². The molecule has 0 amide bonds. The van der Waals surface area contributed by atoms with Crippen LogP contribution in [0.5, 0.6) is 5.88 Å². The highest BCUT2D eigenvalue weighted by atomic mass is 16.5. The van der Waals surface area contributed by atoms with E-state index >= 15 is 0 Å². The van der Waals surface area contributed by atoms with Gasteiger partial charge in [0.1, 0.15) is 12.0 Å². The van der Waals surface area contributed by atoms with Crippen molar-refractivity contribution in [2.75, 3.05) is 30.8 Å². The first-order chi connectivity index (χ1) is 8.19. The van der Waals surface area contributed by atoms with Crippen LogP contribution < -0.4 is 15.8 Å². The van der Waals surface area contributed by atoms with Crippen molar-refractivity contribution >= 4 is 11.5 Å². The molecule has 6 heteroatoms. The lowest BCUT2D eigenvalue weighted by Crippen LogP contribution is -2.16. The van der Waals surface area contributed by atoms with Gasteiger partial charge >= 0.3 is 0 Å². The van der Waals surface area contributed by atoms with E-state index in [9.17, 15) is 0 Å². The average molecular weight is 240 g/mol. The fourth-order valence-electron chi connectivity index (χ4n) is 1.17. The van der Waals surface area contributed by atoms with Crippen molar-refractivity contribution in [2.24, 2.45) is 5.92 Å². The summed E-state index contributed by atoms with van der Waals surface area (Å²) in [6.45, 7) is 5.24. The highest BCUT2D eigenvalue weighted by Crippen LogP contribution is 2.24. The van der Waals surface area contributed by atoms with Gasteiger partial charge in [0.2, 0.25) is 5.88 Å². The van der Waals surface area contributed by atoms with Crippen LogP contribution >= 0.6 is 0 Å². The first-order valence-electron chi connectivity index (χ1n) is 5.77. The van der Waals surface area contributed by atoms with Crippen molar-refractivity contribution in [1.82, 2.24) is 9.97 Å². The minimum Gasteiger partial charge on any atom is -0.476 e. The predicted octanol–water partition coefficient (Wildman–Crippen LogP) is 0.888. The third-order valence-electron chi connectivity index (χ3n) is 2.22. The number of aromatic nitrogens is 2. The largest absolute Gasteiger partial charge is 0.476 e. The molecule has 0 saturated carbocycles. The van der Waals surface area contributed by atoms with Crippen LogP contribution in [0.4, 0.5) is 11.5 Å². The third kappa shape index (κ3) is 4.07. The lowest BCUT2D eigenvalue weighted by atomic mass is 10.2. The van der Waals surface area contributed by atoms with E-state index in [1.165, 1.54) is 6.33 Å². The Hall–Kier alpha value is -1.56. The van der Waals surface area contributed by atoms with Crippen molar-refractivity contribution in [3.8, 4) is 5.88 Å². The van der Waals surface area contributed by atoms with Crippen molar-refractivity contribution < 1.29 is 9.84 Å². The molecule has 4 N–H and O–H groups in total. The number of ether oxygens (including phenoxy) is 1. The Bertz CT molecular complexity index is 346. The molecule has 1 rings (SSSR count). The molecule has 0 fully saturated rings. The fraction of sp³-hybridized carbons (Fsp3) is 0.636. The molecule has 96 valence electrons. The molecule has 0 aliphatic rings. The Labute approximate surface area is 101 Å². The summed E-state index contributed by atoms with van der Waals surface area (Å²) in [7, 11) is 0. The Morgan fingerprint density at radius 2 is 2.29 bits per heavy atom. The van der Waals surface area contributed by atoms with E-state index in [1.54, 1.807) is 0 Å². The van der Waals surface area contributed by atoms with E-state index in [0.29, 0.717) is 30.5 Å². The number of nitrogens with zero attached hydrogens (tertiary/aromatic N) is 2. The molecular weight excluding hydrogens is 220 g/mol. The van der Waals surface area contributed by atoms with Crippen molar-refractivity contribution in [1.29, 1.82) is 0 Å². The fourth-order valence-corrected chi connectivity index (χ4v) is 1.17. The standard InChI is InChI=1S/C11H20N4O2/c1-3-4-17-11-9(12)10(14-7-15-11)13-5-8(2)6-16/h7-8,16H,3-6,12H2,1-2H3,(H,13,14,15). The van der Waals surface area contributed by atoms with Crippen LogP contribution in [0.15, 0.2) is 6.33 Å². The van der Waals surface area contributed by atoms with Crippen LogP contribution in [0.3, 0.4) is 0 Å². The summed E-state index contributed by atoms with van der Waals surface area (Å²) in [6, 6.07) is 0. The zero-order valence-electron chi connectivity index (χ0n) is 10.3. The van der Waals surface area contributed by atoms with E-state index in [4.69, 9.17) is 15.6 Å². The molecule has 1 unspecified atom stereocenters. The first kappa shape index (κ1) is 13.5. The number of aliphatic hydroxyl groups is 1. The zero-order chi connectivity index (χ0) is 12.7. The quantitative estimate of drug-likeness (QED) is 0.655. The molecular formula is C11H20N4O2. The summed E-state index contributed by atoms with van der Waals surface area (Å²) in [5.41, 5.74) is 6.29. The summed E-state index contributed by atoms with van der Waals surface area (Å²) in [4.78, 5) is 8.02. The van der Waals surface area contributed by atoms with Gasteiger partial charge in [-0.15, -0.1) is 0 Å². The monoisotopic (exact) mass is 240 g/mol. The molecule has 6 nitrogen and oxygen atoms in total. The van der Waals surface area contributed by atoms with Crippen LogP contribution in [0, 0.1) is 5.92 Å². The van der Waals surface area contributed by atoms with Crippen LogP contribution in [-0.4, -0.2) is 34.8 Å². The molecule has 17 heavy (non-hydrogen) atoms. The van der Waals surface area contributed by atoms with E-state index in [0.717, 1.165) is 6.42 Å². The SMILES string of the molecule is CCCOc1ncnc(NCC(C)CO)c1N. The van der Waals surface area contributed by atoms with Gasteiger partial charge < -0.3 is 20.9 Å². The number of nitrogens with two attached hydrogens (primary N) is 1. The number of nitrogens with one attached hydrogen (secondary N) is 1. The van der Waals surface area contributed by atoms with E-state index < -0.39 is 0 Å². The minimum absolute atomic E-state index is 0.122. The van der Waals surface area contributed by atoms with Gasteiger partial charge in [-0.3, -0.25) is 0 Å². The summed E-state index contributed by atoms with van der Waals surface area (Å²) < 4.78 is 5.39. The Kier molecular flexibility index (Phi) is 5.48. The minimum atomic E-state index is 0.122. The van der Waals surface area contributed by atoms with Crippen LogP contribution in [0.1, 0.15) is 20.3 Å². The molecule has 0 bridgehead atoms. The number of anilines is 2. The summed E-state index contributed by atoms with van der Waals surface area (Å²) in [5, 5.41) is 12.0. The molecule has 0 aliphatic carbocycles. The molecule has 1 aromatic heterocycles. The number of hydrogen-bond acceptors (Lipinski definition) is 6. The molecule has 1 atom stereocenters. The molecule has 0 aromatic carbocycles. The normalized spacial score (nSPS) is 12.2. The Morgan fingerprint density at radius 3 is 2.94 bits per heavy atom. The Balaban J connectivity index is 2.65. The van der Waals surface area contributed by atoms with Crippen LogP contribution in [-0.2, 0) is 0 Å². The molecule has 0 aliphatic heterocycles. The molecule has 0 saturated heterocycles. The van der Waals surface area contributed by atoms with Crippen LogP contribution in [0.2, 0.25) is 0 Å². The predicted molar refractivity (Wildman–Crippen MR) is 67.0 cm³/mol. The van der Waals surface area contributed by atoms with Gasteiger partial charge in [-0.1, -0.05) is 13.8 Å². The number of hydrogen-bond donors (Lipinski definition) is 3. The maximum Gasteiger partial charge on any atom is 0.242 e. The summed E-state index contributed by atoms with van der Waals surface area (Å²) in [6.07, 6.45) is 2.31. The lowest BCUT2D eigenvalue weighted by Gasteiger charge is -2.13. The second-order valence-corrected chi connectivity index (χ2v) is 3.96. The smallest absolute Gasteiger partial charge is 0.242 e. The second kappa shape index (κ2) is 6.90. The number of nitrogen functional groups attached to an aromatic ring is 1. The molecule has 1 heterocycles. The van der Waals surface area contributed by atoms with Gasteiger partial charge in [-0.2, -0.15) is 4.98 Å². The molecule has 0 radical (unpaired) electrons. The van der Waals surface area contributed by atoms with Gasteiger partial charge in [0, 0.05) is 13.2 Å². The van der Waals surface area contributed by atoms with Crippen molar-refractivity contribution in [2.45, 2.75) is 20.3 Å². The average Bonchev–Trinajstić information content (AvgIpc) is 2.35. The number of rotatable bonds is 7. The van der Waals surface area contributed by atoms with Gasteiger partial charge in [0.05, 0.1) is 6.61 Å². The van der Waals surface area contributed by atoms with Crippen molar-refractivity contribution in [3.63, 3.8) is 0 Å². The first-order valence-corrected chi connectivity index (χ1v) is 5.77. The lowest BCUT2D eigenvalue weighted by molar-refractivity contribution is 0.244. The van der Waals surface area contributed by atoms with Gasteiger partial charge in [-0.25, -0.2) is 4.98 Å². The molecule has 1 aromatic rings. The number of aliphatic hydroxyl groups excluding tert-OH is 1. The molecule has 0 spiro atoms. The summed E-state index contributed by atoms with van der Waals surface area (Å²) in [5.74, 6) is 1.09. The topological polar surface area (TPSA) is 93.3 Å². The van der Waals surface area contributed by atoms with Crippen LogP contribution in [0.25, 0.3) is 0 Å². The maximum absolute atomic E-state index is 8.92. The van der Waals surface area contributed by atoms with E-state index in [-0.39, 0.29) is 12.5 Å². The van der Waals surface area contributed by atoms with E-state index in [2.05, 4.69) is 15.3 Å². The maximum atomic E-state index is 8.92. The second-order valence-electron chi connectivity index (χ2n) is 3.96. The van der Waals surface area contributed by atoms with Crippen molar-refractivity contribution in [3.05, 3.63) is 6.33 Å². The Morgan fingerprint density at radius 1 is 1.53 bits per heavy atom. The van der Waals surface area contributed by atoms with Gasteiger partial charge in [0.15, 0.2) is 5.82 Å².